The van der Waals surface area contributed by atoms with Crippen LogP contribution in [0.5, 0.6) is 0 Å². The molecule has 25 heavy (non-hydrogen) atoms. The minimum Gasteiger partial charge on any atom is -0.327 e. The largest absolute Gasteiger partial charge is 0.327 e. The Balaban J connectivity index is 1.11. The van der Waals surface area contributed by atoms with E-state index < -0.39 is 0 Å². The zero-order chi connectivity index (χ0) is 14.8. The van der Waals surface area contributed by atoms with Crippen molar-refractivity contribution in [2.75, 3.05) is 0 Å². The number of rotatable bonds is 0. The van der Waals surface area contributed by atoms with Crippen LogP contribution in [-0.4, -0.2) is 6.04 Å². The molecule has 0 radical (unpaired) electrons. The molecule has 0 aromatic heterocycles. The summed E-state index contributed by atoms with van der Waals surface area (Å²) in [4.78, 5) is 0. The lowest BCUT2D eigenvalue weighted by atomic mass is 8.72. The fourth-order valence-electron chi connectivity index (χ4n) is 20.2. The van der Waals surface area contributed by atoms with E-state index in [0.717, 1.165) is 44.3 Å². The smallest absolute Gasteiger partial charge is 0.0110 e. The second-order valence-corrected chi connectivity index (χ2v) is 14.5. The summed E-state index contributed by atoms with van der Waals surface area (Å²) in [6, 6.07) is 0.667. The van der Waals surface area contributed by atoms with E-state index in [1.54, 1.807) is 19.3 Å². The third kappa shape index (κ3) is 0.324. The SMILES string of the molecule is NC1C2CC3C4C5C6C7C8CC9CC%10C%11C%12C%13C%14C1C23C4%14C5%13C6%12C7%11C98%10. The van der Waals surface area contributed by atoms with Crippen molar-refractivity contribution in [3.8, 4) is 0 Å². The Hall–Kier alpha value is -0.0400. The molecule has 14 rings (SSSR count). The highest BCUT2D eigenvalue weighted by Gasteiger charge is 3.29. The van der Waals surface area contributed by atoms with Gasteiger partial charge in [0.2, 0.25) is 0 Å². The van der Waals surface area contributed by atoms with Gasteiger partial charge in [-0.3, -0.25) is 0 Å². The summed E-state index contributed by atoms with van der Waals surface area (Å²) in [5.41, 5.74) is 12.9. The van der Waals surface area contributed by atoms with Crippen LogP contribution in [0.2, 0.25) is 0 Å². The highest BCUT2D eigenvalue weighted by Crippen LogP contribution is 3.31. The average Bonchev–Trinajstić information content (AvgIpc) is 2.48. The summed E-state index contributed by atoms with van der Waals surface area (Å²) < 4.78 is 0. The normalized spacial score (nSPS) is 114. The van der Waals surface area contributed by atoms with Crippen molar-refractivity contribution < 1.29 is 0 Å². The Morgan fingerprint density at radius 1 is 0.480 bits per heavy atom. The molecule has 124 valence electrons. The van der Waals surface area contributed by atoms with Crippen LogP contribution in [0.3, 0.4) is 0 Å². The van der Waals surface area contributed by atoms with E-state index in [9.17, 15) is 0 Å². The van der Waals surface area contributed by atoms with Crippen LogP contribution in [0.4, 0.5) is 0 Å². The van der Waals surface area contributed by atoms with Gasteiger partial charge in [-0.25, -0.2) is 0 Å². The molecule has 2 N–H and O–H groups in total. The summed E-state index contributed by atoms with van der Waals surface area (Å²) >= 11 is 0. The maximum atomic E-state index is 6.76. The molecular weight excluding hydrogens is 302 g/mol. The van der Waals surface area contributed by atoms with Crippen LogP contribution in [0, 0.1) is 115 Å². The second kappa shape index (κ2) is 1.79. The standard InChI is InChI=1S/C24H23N/c25-18-8-3-7-11-13-12-9-5-1-4-2-6-10-14-15-16-17(18)20(7,8)22(11,16)24(13,15)23(12,14)21(9,10)19(4,5)6/h4-18H,1-3,25H2. The van der Waals surface area contributed by atoms with Gasteiger partial charge in [0.1, 0.15) is 0 Å². The molecule has 0 amide bonds. The van der Waals surface area contributed by atoms with E-state index in [1.165, 1.54) is 71.0 Å². The molecule has 1 heteroatoms. The molecule has 0 aliphatic heterocycles. The lowest BCUT2D eigenvalue weighted by Gasteiger charge is -3.31. The number of nitrogens with two attached hydrogens (primary N) is 1. The fourth-order valence-corrected chi connectivity index (χ4v) is 20.2. The fraction of sp³-hybridized carbons (Fsp3) is 1.00. The van der Waals surface area contributed by atoms with E-state index in [4.69, 9.17) is 5.73 Å². The minimum atomic E-state index is 0.667. The molecule has 1 nitrogen and oxygen atoms in total. The first-order valence-corrected chi connectivity index (χ1v) is 12.1. The van der Waals surface area contributed by atoms with Crippen LogP contribution in [0.25, 0.3) is 0 Å². The van der Waals surface area contributed by atoms with Gasteiger partial charge in [0, 0.05) is 6.04 Å². The number of hydrogen-bond donors (Lipinski definition) is 1. The van der Waals surface area contributed by atoms with Crippen LogP contribution >= 0.6 is 0 Å². The monoisotopic (exact) mass is 325 g/mol. The van der Waals surface area contributed by atoms with E-state index in [-0.39, 0.29) is 0 Å². The van der Waals surface area contributed by atoms with Gasteiger partial charge < -0.3 is 5.73 Å². The van der Waals surface area contributed by atoms with Gasteiger partial charge in [0.25, 0.3) is 0 Å². The zero-order valence-corrected chi connectivity index (χ0v) is 14.4. The van der Waals surface area contributed by atoms with Crippen molar-refractivity contribution in [3.63, 3.8) is 0 Å². The average molecular weight is 325 g/mol. The van der Waals surface area contributed by atoms with Crippen LogP contribution in [0.15, 0.2) is 0 Å². The third-order valence-corrected chi connectivity index (χ3v) is 17.8. The maximum Gasteiger partial charge on any atom is 0.0110 e. The highest BCUT2D eigenvalue weighted by atomic mass is 15.3. The Bertz CT molecular complexity index is 1080. The predicted octanol–water partition coefficient (Wildman–Crippen LogP) is 2.22. The zero-order valence-electron chi connectivity index (χ0n) is 14.4. The van der Waals surface area contributed by atoms with Gasteiger partial charge in [-0.15, -0.1) is 0 Å². The summed E-state index contributed by atoms with van der Waals surface area (Å²) in [7, 11) is 0. The maximum absolute atomic E-state index is 6.76. The van der Waals surface area contributed by atoms with Crippen molar-refractivity contribution in [1.29, 1.82) is 0 Å². The summed E-state index contributed by atoms with van der Waals surface area (Å²) in [6.45, 7) is 0. The van der Waals surface area contributed by atoms with E-state index in [1.807, 2.05) is 0 Å². The van der Waals surface area contributed by atoms with Gasteiger partial charge in [0.05, 0.1) is 0 Å². The number of fused-ring (bicyclic) bond motifs is 10. The molecule has 14 aliphatic rings. The lowest BCUT2D eigenvalue weighted by molar-refractivity contribution is -0.857. The van der Waals surface area contributed by atoms with Crippen molar-refractivity contribution in [2.45, 2.75) is 25.3 Å². The van der Waals surface area contributed by atoms with Gasteiger partial charge in [0.15, 0.2) is 0 Å². The summed E-state index contributed by atoms with van der Waals surface area (Å²) in [5, 5.41) is 0. The molecule has 14 aliphatic carbocycles. The first-order valence-electron chi connectivity index (χ1n) is 12.1. The van der Waals surface area contributed by atoms with E-state index in [0.29, 0.717) is 6.04 Å². The van der Waals surface area contributed by atoms with Gasteiger partial charge in [-0.05, 0) is 135 Å². The van der Waals surface area contributed by atoms with Crippen molar-refractivity contribution >= 4 is 0 Å². The van der Waals surface area contributed by atoms with Gasteiger partial charge in [-0.1, -0.05) is 0 Å². The first-order chi connectivity index (χ1) is 12.3. The van der Waals surface area contributed by atoms with Crippen molar-refractivity contribution in [2.24, 2.45) is 121 Å². The Morgan fingerprint density at radius 2 is 1.00 bits per heavy atom. The lowest BCUT2D eigenvalue weighted by Crippen LogP contribution is -3.29. The van der Waals surface area contributed by atoms with Crippen molar-refractivity contribution in [3.05, 3.63) is 0 Å². The van der Waals surface area contributed by atoms with E-state index in [2.05, 4.69) is 0 Å². The Kier molecular flexibility index (Phi) is 0.713. The van der Waals surface area contributed by atoms with E-state index >= 15 is 0 Å². The van der Waals surface area contributed by atoms with Crippen LogP contribution in [0.1, 0.15) is 19.3 Å². The minimum absolute atomic E-state index is 0.667. The first kappa shape index (κ1) is 9.94. The Morgan fingerprint density at radius 3 is 1.64 bits per heavy atom. The predicted molar refractivity (Wildman–Crippen MR) is 85.3 cm³/mol. The summed E-state index contributed by atoms with van der Waals surface area (Å²) in [6.07, 6.45) is 5.00. The van der Waals surface area contributed by atoms with Crippen LogP contribution in [-0.2, 0) is 0 Å². The molecule has 0 saturated heterocycles. The third-order valence-electron chi connectivity index (χ3n) is 17.8. The molecule has 0 aromatic carbocycles. The molecule has 14 saturated carbocycles. The van der Waals surface area contributed by atoms with Gasteiger partial charge in [-0.2, -0.15) is 0 Å². The van der Waals surface area contributed by atoms with Crippen LogP contribution < -0.4 is 5.73 Å². The molecule has 0 bridgehead atoms. The van der Waals surface area contributed by atoms with Gasteiger partial charge >= 0.3 is 0 Å². The molecular formula is C24H23N. The number of hydrogen-bond acceptors (Lipinski definition) is 1. The molecule has 21 atom stereocenters. The summed E-state index contributed by atoms with van der Waals surface area (Å²) in [5.74, 6) is 17.5. The molecule has 21 unspecified atom stereocenters. The Labute approximate surface area is 146 Å². The molecule has 0 heterocycles. The van der Waals surface area contributed by atoms with Crippen molar-refractivity contribution in [1.82, 2.24) is 0 Å². The molecule has 0 aromatic rings. The quantitative estimate of drug-likeness (QED) is 0.726. The highest BCUT2D eigenvalue weighted by molar-refractivity contribution is 5.75. The molecule has 6 spiro atoms. The topological polar surface area (TPSA) is 26.0 Å². The second-order valence-electron chi connectivity index (χ2n) is 14.5. The molecule has 14 fully saturated rings.